The molecule has 1 aliphatic carbocycles. The van der Waals surface area contributed by atoms with E-state index in [2.05, 4.69) is 30.4 Å². The van der Waals surface area contributed by atoms with Gasteiger partial charge in [-0.2, -0.15) is 0 Å². The van der Waals surface area contributed by atoms with Gasteiger partial charge in [-0.25, -0.2) is 0 Å². The molecule has 27 heavy (non-hydrogen) atoms. The minimum Gasteiger partial charge on any atom is -0.356 e. The van der Waals surface area contributed by atoms with Crippen LogP contribution in [0.2, 0.25) is 0 Å². The first-order valence-electron chi connectivity index (χ1n) is 10.5. The van der Waals surface area contributed by atoms with Gasteiger partial charge in [0.25, 0.3) is 0 Å². The molecule has 152 valence electrons. The number of guanidine groups is 1. The van der Waals surface area contributed by atoms with Crippen molar-refractivity contribution in [3.8, 4) is 0 Å². The molecular weight excluding hydrogens is 360 g/mol. The van der Waals surface area contributed by atoms with Crippen LogP contribution in [0.3, 0.4) is 0 Å². The van der Waals surface area contributed by atoms with Crippen LogP contribution in [0.25, 0.3) is 0 Å². The number of aryl methyl sites for hydroxylation is 1. The van der Waals surface area contributed by atoms with Crippen molar-refractivity contribution in [1.82, 2.24) is 25.4 Å². The molecule has 3 rings (SSSR count). The maximum absolute atomic E-state index is 12.1. The first-order valence-corrected chi connectivity index (χ1v) is 11.8. The molecule has 1 aliphatic heterocycles. The van der Waals surface area contributed by atoms with Crippen molar-refractivity contribution in [3.63, 3.8) is 0 Å². The lowest BCUT2D eigenvalue weighted by atomic mass is 9.95. The average molecular weight is 395 g/mol. The fraction of sp³-hybridized carbons (Fsp3) is 0.842. The number of rotatable bonds is 6. The SMILES string of the molecule is CCS(=O)C1CCCC(NC(=NC)NCCc2nnc3n2CCCCC3)C1. The second-order valence-corrected chi connectivity index (χ2v) is 9.55. The van der Waals surface area contributed by atoms with Crippen LogP contribution in [0.4, 0.5) is 0 Å². The molecule has 0 saturated heterocycles. The molecule has 7 nitrogen and oxygen atoms in total. The Kier molecular flexibility index (Phi) is 7.67. The van der Waals surface area contributed by atoms with Crippen molar-refractivity contribution >= 4 is 16.8 Å². The van der Waals surface area contributed by atoms with Gasteiger partial charge in [-0.05, 0) is 32.1 Å². The van der Waals surface area contributed by atoms with Gasteiger partial charge in [-0.3, -0.25) is 9.20 Å². The second-order valence-electron chi connectivity index (χ2n) is 7.54. The van der Waals surface area contributed by atoms with Crippen LogP contribution in [-0.2, 0) is 30.2 Å². The van der Waals surface area contributed by atoms with Gasteiger partial charge in [-0.1, -0.05) is 19.8 Å². The van der Waals surface area contributed by atoms with Crippen molar-refractivity contribution in [2.75, 3.05) is 19.3 Å². The molecule has 2 aliphatic rings. The van der Waals surface area contributed by atoms with Crippen LogP contribution in [-0.4, -0.2) is 55.6 Å². The quantitative estimate of drug-likeness (QED) is 0.568. The predicted molar refractivity (Wildman–Crippen MR) is 111 cm³/mol. The van der Waals surface area contributed by atoms with Crippen LogP contribution in [0, 0.1) is 0 Å². The molecule has 0 spiro atoms. The molecular formula is C19H34N6OS. The first-order chi connectivity index (χ1) is 13.2. The smallest absolute Gasteiger partial charge is 0.191 e. The lowest BCUT2D eigenvalue weighted by Gasteiger charge is -2.30. The highest BCUT2D eigenvalue weighted by atomic mass is 32.2. The van der Waals surface area contributed by atoms with E-state index < -0.39 is 10.8 Å². The minimum atomic E-state index is -0.698. The monoisotopic (exact) mass is 394 g/mol. The Morgan fingerprint density at radius 3 is 2.96 bits per heavy atom. The standard InChI is InChI=1S/C19H34N6OS/c1-3-27(26)16-9-7-8-15(14-16)22-19(20-2)21-12-11-18-24-23-17-10-5-4-6-13-25(17)18/h15-16H,3-14H2,1-2H3,(H2,20,21,22). The van der Waals surface area contributed by atoms with E-state index in [1.165, 1.54) is 19.3 Å². The summed E-state index contributed by atoms with van der Waals surface area (Å²) in [5, 5.41) is 16.0. The van der Waals surface area contributed by atoms with Crippen LogP contribution in [0.1, 0.15) is 63.5 Å². The Balaban J connectivity index is 1.47. The number of hydrogen-bond donors (Lipinski definition) is 2. The summed E-state index contributed by atoms with van der Waals surface area (Å²) >= 11 is 0. The molecule has 3 atom stereocenters. The van der Waals surface area contributed by atoms with Gasteiger partial charge >= 0.3 is 0 Å². The number of aliphatic imine (C=N–C) groups is 1. The molecule has 8 heteroatoms. The summed E-state index contributed by atoms with van der Waals surface area (Å²) in [6.45, 7) is 3.84. The highest BCUT2D eigenvalue weighted by molar-refractivity contribution is 7.85. The summed E-state index contributed by atoms with van der Waals surface area (Å²) in [4.78, 5) is 4.37. The molecule has 2 N–H and O–H groups in total. The topological polar surface area (TPSA) is 84.2 Å². The van der Waals surface area contributed by atoms with Crippen LogP contribution in [0.15, 0.2) is 4.99 Å². The van der Waals surface area contributed by atoms with Crippen molar-refractivity contribution < 1.29 is 4.21 Å². The summed E-state index contributed by atoms with van der Waals surface area (Å²) in [7, 11) is 1.11. The zero-order chi connectivity index (χ0) is 19.1. The van der Waals surface area contributed by atoms with E-state index in [1.807, 2.05) is 14.0 Å². The fourth-order valence-corrected chi connectivity index (χ4v) is 5.51. The van der Waals surface area contributed by atoms with E-state index in [-0.39, 0.29) is 0 Å². The summed E-state index contributed by atoms with van der Waals surface area (Å²) in [6, 6.07) is 0.356. The van der Waals surface area contributed by atoms with Gasteiger partial charge < -0.3 is 15.2 Å². The highest BCUT2D eigenvalue weighted by Gasteiger charge is 2.26. The molecule has 2 heterocycles. The van der Waals surface area contributed by atoms with E-state index in [4.69, 9.17) is 0 Å². The average Bonchev–Trinajstić information content (AvgIpc) is 2.93. The molecule has 0 radical (unpaired) electrons. The largest absolute Gasteiger partial charge is 0.356 e. The number of aromatic nitrogens is 3. The first kappa shape index (κ1) is 20.3. The van der Waals surface area contributed by atoms with Crippen molar-refractivity contribution in [2.45, 2.75) is 82.5 Å². The fourth-order valence-electron chi connectivity index (χ4n) is 4.16. The van der Waals surface area contributed by atoms with Gasteiger partial charge in [0.2, 0.25) is 0 Å². The van der Waals surface area contributed by atoms with Crippen LogP contribution in [0.5, 0.6) is 0 Å². The van der Waals surface area contributed by atoms with Crippen molar-refractivity contribution in [2.24, 2.45) is 4.99 Å². The highest BCUT2D eigenvalue weighted by Crippen LogP contribution is 2.23. The lowest BCUT2D eigenvalue weighted by molar-refractivity contribution is 0.413. The maximum atomic E-state index is 12.1. The molecule has 1 saturated carbocycles. The van der Waals surface area contributed by atoms with Gasteiger partial charge in [0, 0.05) is 60.8 Å². The predicted octanol–water partition coefficient (Wildman–Crippen LogP) is 1.79. The van der Waals surface area contributed by atoms with Gasteiger partial charge in [0.1, 0.15) is 11.6 Å². The molecule has 0 aromatic carbocycles. The Labute approximate surface area is 165 Å². The molecule has 1 aromatic heterocycles. The summed E-state index contributed by atoms with van der Waals surface area (Å²) in [6.07, 6.45) is 9.93. The number of nitrogens with one attached hydrogen (secondary N) is 2. The van der Waals surface area contributed by atoms with Crippen LogP contribution < -0.4 is 10.6 Å². The van der Waals surface area contributed by atoms with Crippen molar-refractivity contribution in [3.05, 3.63) is 11.6 Å². The Hall–Kier alpha value is -1.44. The van der Waals surface area contributed by atoms with E-state index in [9.17, 15) is 4.21 Å². The second kappa shape index (κ2) is 10.2. The van der Waals surface area contributed by atoms with E-state index in [0.29, 0.717) is 11.3 Å². The molecule has 0 amide bonds. The van der Waals surface area contributed by atoms with Gasteiger partial charge in [-0.15, -0.1) is 10.2 Å². The van der Waals surface area contributed by atoms with E-state index in [0.717, 1.165) is 75.0 Å². The third-order valence-corrected chi connectivity index (χ3v) is 7.41. The van der Waals surface area contributed by atoms with E-state index in [1.54, 1.807) is 0 Å². The van der Waals surface area contributed by atoms with Crippen molar-refractivity contribution in [1.29, 1.82) is 0 Å². The summed E-state index contributed by atoms with van der Waals surface area (Å²) in [5.74, 6) is 3.80. The normalized spacial score (nSPS) is 24.7. The zero-order valence-corrected chi connectivity index (χ0v) is 17.6. The molecule has 1 aromatic rings. The van der Waals surface area contributed by atoms with E-state index >= 15 is 0 Å². The molecule has 1 fully saturated rings. The number of fused-ring (bicyclic) bond motifs is 1. The minimum absolute atomic E-state index is 0.325. The van der Waals surface area contributed by atoms with Crippen LogP contribution >= 0.6 is 0 Å². The Morgan fingerprint density at radius 2 is 2.15 bits per heavy atom. The number of nitrogens with zero attached hydrogens (tertiary/aromatic N) is 4. The number of hydrogen-bond acceptors (Lipinski definition) is 4. The Bertz CT molecular complexity index is 659. The lowest BCUT2D eigenvalue weighted by Crippen LogP contribution is -2.47. The third-order valence-electron chi connectivity index (χ3n) is 5.67. The third kappa shape index (κ3) is 5.53. The van der Waals surface area contributed by atoms with Gasteiger partial charge in [0.05, 0.1) is 0 Å². The van der Waals surface area contributed by atoms with Gasteiger partial charge in [0.15, 0.2) is 5.96 Å². The molecule has 3 unspecified atom stereocenters. The molecule has 0 bridgehead atoms. The Morgan fingerprint density at radius 1 is 1.26 bits per heavy atom. The zero-order valence-electron chi connectivity index (χ0n) is 16.7. The summed E-state index contributed by atoms with van der Waals surface area (Å²) < 4.78 is 14.4. The maximum Gasteiger partial charge on any atom is 0.191 e. The summed E-state index contributed by atoms with van der Waals surface area (Å²) in [5.41, 5.74) is 0.